The molecule has 0 radical (unpaired) electrons. The van der Waals surface area contributed by atoms with Crippen molar-refractivity contribution in [3.8, 4) is 0 Å². The number of aryl methyl sites for hydroxylation is 1. The van der Waals surface area contributed by atoms with Crippen molar-refractivity contribution >= 4 is 16.7 Å². The Bertz CT molecular complexity index is 411. The van der Waals surface area contributed by atoms with Gasteiger partial charge >= 0.3 is 0 Å². The van der Waals surface area contributed by atoms with Gasteiger partial charge in [0.15, 0.2) is 0 Å². The predicted octanol–water partition coefficient (Wildman–Crippen LogP) is 1.77. The molecule has 20 heavy (non-hydrogen) atoms. The Labute approximate surface area is 125 Å². The first-order chi connectivity index (χ1) is 9.60. The van der Waals surface area contributed by atoms with Crippen LogP contribution in [0.3, 0.4) is 0 Å². The topological polar surface area (TPSA) is 52.5 Å². The average Bonchev–Trinajstić information content (AvgIpc) is 2.97. The van der Waals surface area contributed by atoms with E-state index in [1.54, 1.807) is 0 Å². The van der Waals surface area contributed by atoms with Crippen LogP contribution in [0.25, 0.3) is 0 Å². The number of hydrogen-bond acceptors (Lipinski definition) is 6. The summed E-state index contributed by atoms with van der Waals surface area (Å²) in [5.41, 5.74) is -0.527. The summed E-state index contributed by atoms with van der Waals surface area (Å²) < 4.78 is 4.35. The molecule has 5 nitrogen and oxygen atoms in total. The lowest BCUT2D eigenvalue weighted by molar-refractivity contribution is -0.00455. The Morgan fingerprint density at radius 3 is 2.30 bits per heavy atom. The molecule has 0 aliphatic carbocycles. The second-order valence-corrected chi connectivity index (χ2v) is 6.27. The van der Waals surface area contributed by atoms with Crippen LogP contribution in [0.15, 0.2) is 0 Å². The van der Waals surface area contributed by atoms with Gasteiger partial charge in [0.05, 0.1) is 5.60 Å². The molecule has 0 spiro atoms. The molecule has 0 aromatic carbocycles. The number of aliphatic hydroxyl groups is 1. The van der Waals surface area contributed by atoms with Crippen molar-refractivity contribution in [1.29, 1.82) is 0 Å². The van der Waals surface area contributed by atoms with E-state index in [9.17, 15) is 5.11 Å². The molecule has 6 heteroatoms. The number of aromatic nitrogens is 2. The van der Waals surface area contributed by atoms with Crippen molar-refractivity contribution in [2.75, 3.05) is 37.6 Å². The molecule has 1 fully saturated rings. The highest BCUT2D eigenvalue weighted by Crippen LogP contribution is 2.21. The molecule has 0 amide bonds. The Kier molecular flexibility index (Phi) is 5.35. The predicted molar refractivity (Wildman–Crippen MR) is 83.5 cm³/mol. The van der Waals surface area contributed by atoms with Crippen LogP contribution < -0.4 is 4.90 Å². The van der Waals surface area contributed by atoms with Crippen molar-refractivity contribution < 1.29 is 5.11 Å². The largest absolute Gasteiger partial charge is 0.389 e. The van der Waals surface area contributed by atoms with Crippen molar-refractivity contribution in [2.45, 2.75) is 45.6 Å². The minimum Gasteiger partial charge on any atom is -0.389 e. The van der Waals surface area contributed by atoms with Crippen LogP contribution >= 0.6 is 11.5 Å². The lowest BCUT2D eigenvalue weighted by Crippen LogP contribution is -2.51. The molecule has 1 aromatic rings. The molecular weight excluding hydrogens is 272 g/mol. The fraction of sp³-hybridized carbons (Fsp3) is 0.857. The summed E-state index contributed by atoms with van der Waals surface area (Å²) in [7, 11) is 0. The van der Waals surface area contributed by atoms with E-state index in [4.69, 9.17) is 0 Å². The quantitative estimate of drug-likeness (QED) is 0.867. The third kappa shape index (κ3) is 3.68. The van der Waals surface area contributed by atoms with Gasteiger partial charge in [-0.3, -0.25) is 4.90 Å². The summed E-state index contributed by atoms with van der Waals surface area (Å²) in [5.74, 6) is 0.943. The molecule has 2 heterocycles. The van der Waals surface area contributed by atoms with E-state index in [-0.39, 0.29) is 0 Å². The summed E-state index contributed by atoms with van der Waals surface area (Å²) in [5, 5.41) is 11.5. The van der Waals surface area contributed by atoms with Crippen molar-refractivity contribution in [3.63, 3.8) is 0 Å². The smallest absolute Gasteiger partial charge is 0.205 e. The first kappa shape index (κ1) is 15.7. The second kappa shape index (κ2) is 6.83. The van der Waals surface area contributed by atoms with Gasteiger partial charge in [0.1, 0.15) is 5.82 Å². The van der Waals surface area contributed by atoms with E-state index < -0.39 is 5.60 Å². The number of β-amino-alcohol motifs (C(OH)–C–C–N with tert-alkyl or cyclic N) is 1. The Hall–Kier alpha value is -0.720. The van der Waals surface area contributed by atoms with Gasteiger partial charge in [-0.1, -0.05) is 20.8 Å². The number of nitrogens with zero attached hydrogens (tertiary/aromatic N) is 4. The van der Waals surface area contributed by atoms with Gasteiger partial charge in [-0.2, -0.15) is 4.37 Å². The van der Waals surface area contributed by atoms with Gasteiger partial charge in [-0.15, -0.1) is 0 Å². The zero-order chi connectivity index (χ0) is 14.6. The Morgan fingerprint density at radius 1 is 1.15 bits per heavy atom. The van der Waals surface area contributed by atoms with Gasteiger partial charge in [0.25, 0.3) is 0 Å². The SMILES string of the molecule is CCc1nsc(N2CCN(CC(O)(CC)CC)CC2)n1. The van der Waals surface area contributed by atoms with Gasteiger partial charge in [-0.05, 0) is 12.8 Å². The minimum absolute atomic E-state index is 0.527. The van der Waals surface area contributed by atoms with Crippen molar-refractivity contribution in [1.82, 2.24) is 14.3 Å². The monoisotopic (exact) mass is 298 g/mol. The summed E-state index contributed by atoms with van der Waals surface area (Å²) >= 11 is 1.50. The molecule has 0 atom stereocenters. The van der Waals surface area contributed by atoms with Crippen LogP contribution in [0.5, 0.6) is 0 Å². The first-order valence-corrected chi connectivity index (χ1v) is 8.39. The summed E-state index contributed by atoms with van der Waals surface area (Å²) in [6.07, 6.45) is 2.54. The third-order valence-corrected chi connectivity index (χ3v) is 5.07. The van der Waals surface area contributed by atoms with Gasteiger partial charge in [0.2, 0.25) is 5.13 Å². The van der Waals surface area contributed by atoms with Crippen LogP contribution in [-0.2, 0) is 6.42 Å². The minimum atomic E-state index is -0.527. The van der Waals surface area contributed by atoms with E-state index in [0.717, 1.165) is 62.9 Å². The van der Waals surface area contributed by atoms with Crippen LogP contribution in [-0.4, -0.2) is 57.7 Å². The Balaban J connectivity index is 1.86. The van der Waals surface area contributed by atoms with Gasteiger partial charge in [0, 0.05) is 50.7 Å². The van der Waals surface area contributed by atoms with Crippen LogP contribution in [0, 0.1) is 0 Å². The molecule has 0 bridgehead atoms. The fourth-order valence-corrected chi connectivity index (χ4v) is 3.31. The summed E-state index contributed by atoms with van der Waals surface area (Å²) in [6.45, 7) is 10.9. The maximum atomic E-state index is 10.4. The summed E-state index contributed by atoms with van der Waals surface area (Å²) in [6, 6.07) is 0. The molecule has 114 valence electrons. The van der Waals surface area contributed by atoms with Crippen molar-refractivity contribution in [2.24, 2.45) is 0 Å². The third-order valence-electron chi connectivity index (χ3n) is 4.25. The Morgan fingerprint density at radius 2 is 1.80 bits per heavy atom. The van der Waals surface area contributed by atoms with Crippen LogP contribution in [0.1, 0.15) is 39.4 Å². The highest BCUT2D eigenvalue weighted by molar-refractivity contribution is 7.09. The van der Waals surface area contributed by atoms with Gasteiger partial charge < -0.3 is 10.0 Å². The number of anilines is 1. The maximum Gasteiger partial charge on any atom is 0.205 e. The van der Waals surface area contributed by atoms with Crippen LogP contribution in [0.2, 0.25) is 0 Å². The van der Waals surface area contributed by atoms with Crippen LogP contribution in [0.4, 0.5) is 5.13 Å². The number of hydrogen-bond donors (Lipinski definition) is 1. The molecule has 1 aliphatic rings. The standard InChI is InChI=1S/C14H26N4OS/c1-4-12-15-13(20-16-12)18-9-7-17(8-10-18)11-14(19,5-2)6-3/h19H,4-11H2,1-3H3. The lowest BCUT2D eigenvalue weighted by Gasteiger charge is -2.38. The lowest BCUT2D eigenvalue weighted by atomic mass is 9.96. The molecule has 0 unspecified atom stereocenters. The fourth-order valence-electron chi connectivity index (χ4n) is 2.50. The zero-order valence-electron chi connectivity index (χ0n) is 12.8. The molecule has 2 rings (SSSR count). The van der Waals surface area contributed by atoms with E-state index in [1.165, 1.54) is 11.5 Å². The second-order valence-electron chi connectivity index (χ2n) is 5.54. The molecular formula is C14H26N4OS. The van der Waals surface area contributed by atoms with E-state index in [0.29, 0.717) is 0 Å². The molecule has 1 N–H and O–H groups in total. The van der Waals surface area contributed by atoms with E-state index in [2.05, 4.69) is 39.9 Å². The molecule has 1 aliphatic heterocycles. The van der Waals surface area contributed by atoms with E-state index >= 15 is 0 Å². The number of piperazine rings is 1. The molecule has 1 aromatic heterocycles. The highest BCUT2D eigenvalue weighted by Gasteiger charge is 2.28. The van der Waals surface area contributed by atoms with Gasteiger partial charge in [-0.25, -0.2) is 4.98 Å². The highest BCUT2D eigenvalue weighted by atomic mass is 32.1. The average molecular weight is 298 g/mol. The normalized spacial score (nSPS) is 17.7. The van der Waals surface area contributed by atoms with E-state index in [1.807, 2.05) is 0 Å². The maximum absolute atomic E-state index is 10.4. The van der Waals surface area contributed by atoms with Crippen molar-refractivity contribution in [3.05, 3.63) is 5.82 Å². The summed E-state index contributed by atoms with van der Waals surface area (Å²) in [4.78, 5) is 9.23. The number of rotatable bonds is 6. The zero-order valence-corrected chi connectivity index (χ0v) is 13.6. The molecule has 0 saturated carbocycles. The first-order valence-electron chi connectivity index (χ1n) is 7.62. The molecule has 1 saturated heterocycles.